The summed E-state index contributed by atoms with van der Waals surface area (Å²) in [5.41, 5.74) is 0.990. The van der Waals surface area contributed by atoms with Gasteiger partial charge in [-0.2, -0.15) is 0 Å². The van der Waals surface area contributed by atoms with Crippen LogP contribution in [0.1, 0.15) is 30.5 Å². The molecule has 25 heavy (non-hydrogen) atoms. The zero-order valence-electron chi connectivity index (χ0n) is 14.1. The average Bonchev–Trinajstić information content (AvgIpc) is 2.60. The molecule has 0 aliphatic heterocycles. The van der Waals surface area contributed by atoms with Gasteiger partial charge in [0.05, 0.1) is 13.5 Å². The fraction of sp³-hybridized carbons (Fsp3) is 0.316. The second kappa shape index (κ2) is 8.67. The molecule has 0 radical (unpaired) electrons. The summed E-state index contributed by atoms with van der Waals surface area (Å²) in [6.45, 7) is 1.90. The van der Waals surface area contributed by atoms with Crippen LogP contribution in [-0.4, -0.2) is 19.1 Å². The maximum atomic E-state index is 13.9. The van der Waals surface area contributed by atoms with Crippen LogP contribution >= 0.6 is 0 Å². The number of hydrogen-bond donors (Lipinski definition) is 1. The zero-order chi connectivity index (χ0) is 18.4. The van der Waals surface area contributed by atoms with Crippen molar-refractivity contribution in [1.82, 2.24) is 5.32 Å². The monoisotopic (exact) mass is 351 g/mol. The number of carbonyl (C=O) groups is 1. The summed E-state index contributed by atoms with van der Waals surface area (Å²) in [5, 5.41) is 3.22. The van der Waals surface area contributed by atoms with E-state index in [1.165, 1.54) is 7.11 Å². The van der Waals surface area contributed by atoms with E-state index in [9.17, 15) is 18.0 Å². The normalized spacial score (nSPS) is 13.3. The summed E-state index contributed by atoms with van der Waals surface area (Å²) in [5.74, 6) is -3.68. The number of esters is 1. The molecule has 3 nitrogen and oxygen atoms in total. The zero-order valence-corrected chi connectivity index (χ0v) is 14.1. The van der Waals surface area contributed by atoms with Gasteiger partial charge in [0.15, 0.2) is 11.6 Å². The molecule has 2 rings (SSSR count). The lowest BCUT2D eigenvalue weighted by molar-refractivity contribution is -0.141. The van der Waals surface area contributed by atoms with Crippen molar-refractivity contribution in [1.29, 1.82) is 0 Å². The first kappa shape index (κ1) is 19.0. The van der Waals surface area contributed by atoms with Crippen LogP contribution in [0, 0.1) is 17.5 Å². The minimum absolute atomic E-state index is 0.000523. The second-order valence-corrected chi connectivity index (χ2v) is 5.84. The van der Waals surface area contributed by atoms with Crippen molar-refractivity contribution in [3.63, 3.8) is 0 Å². The minimum atomic E-state index is -1.24. The Kier molecular flexibility index (Phi) is 6.58. The molecule has 0 fully saturated rings. The summed E-state index contributed by atoms with van der Waals surface area (Å²) in [7, 11) is 1.26. The fourth-order valence-corrected chi connectivity index (χ4v) is 2.65. The van der Waals surface area contributed by atoms with Crippen molar-refractivity contribution in [2.45, 2.75) is 31.8 Å². The maximum absolute atomic E-state index is 13.9. The Morgan fingerprint density at radius 3 is 2.36 bits per heavy atom. The third kappa shape index (κ3) is 5.32. The highest BCUT2D eigenvalue weighted by Gasteiger charge is 2.20. The van der Waals surface area contributed by atoms with Gasteiger partial charge in [-0.25, -0.2) is 13.2 Å². The predicted molar refractivity (Wildman–Crippen MR) is 88.4 cm³/mol. The molecule has 2 unspecified atom stereocenters. The Bertz CT molecular complexity index is 722. The van der Waals surface area contributed by atoms with Gasteiger partial charge in [-0.3, -0.25) is 4.79 Å². The molecular weight excluding hydrogens is 331 g/mol. The highest BCUT2D eigenvalue weighted by atomic mass is 19.2. The first-order valence-corrected chi connectivity index (χ1v) is 7.92. The van der Waals surface area contributed by atoms with Gasteiger partial charge in [-0.1, -0.05) is 30.3 Å². The molecule has 0 amide bonds. The van der Waals surface area contributed by atoms with Gasteiger partial charge in [0.25, 0.3) is 0 Å². The van der Waals surface area contributed by atoms with Gasteiger partial charge in [-0.15, -0.1) is 0 Å². The smallest absolute Gasteiger partial charge is 0.307 e. The molecule has 0 spiro atoms. The fourth-order valence-electron chi connectivity index (χ4n) is 2.65. The Balaban J connectivity index is 2.18. The summed E-state index contributed by atoms with van der Waals surface area (Å²) in [4.78, 5) is 11.6. The lowest BCUT2D eigenvalue weighted by atomic mass is 10.00. The largest absolute Gasteiger partial charge is 0.469 e. The topological polar surface area (TPSA) is 38.3 Å². The van der Waals surface area contributed by atoms with Crippen LogP contribution in [0.2, 0.25) is 0 Å². The Morgan fingerprint density at radius 1 is 1.08 bits per heavy atom. The van der Waals surface area contributed by atoms with Crippen LogP contribution in [0.4, 0.5) is 13.2 Å². The third-order valence-corrected chi connectivity index (χ3v) is 3.98. The summed E-state index contributed by atoms with van der Waals surface area (Å²) in [6, 6.07) is 10.2. The molecule has 6 heteroatoms. The van der Waals surface area contributed by atoms with Crippen LogP contribution in [0.15, 0.2) is 42.5 Å². The van der Waals surface area contributed by atoms with Crippen molar-refractivity contribution in [2.24, 2.45) is 0 Å². The minimum Gasteiger partial charge on any atom is -0.469 e. The average molecular weight is 351 g/mol. The van der Waals surface area contributed by atoms with Crippen LogP contribution in [0.5, 0.6) is 0 Å². The highest BCUT2D eigenvalue weighted by Crippen LogP contribution is 2.19. The van der Waals surface area contributed by atoms with Gasteiger partial charge >= 0.3 is 5.97 Å². The molecule has 0 saturated heterocycles. The highest BCUT2D eigenvalue weighted by molar-refractivity contribution is 5.70. The predicted octanol–water partition coefficient (Wildman–Crippen LogP) is 3.93. The molecule has 0 heterocycles. The van der Waals surface area contributed by atoms with Crippen molar-refractivity contribution < 1.29 is 22.7 Å². The quantitative estimate of drug-likeness (QED) is 0.607. The van der Waals surface area contributed by atoms with Crippen LogP contribution < -0.4 is 5.32 Å². The first-order valence-electron chi connectivity index (χ1n) is 7.92. The van der Waals surface area contributed by atoms with Gasteiger partial charge < -0.3 is 10.1 Å². The van der Waals surface area contributed by atoms with Crippen LogP contribution in [-0.2, 0) is 16.0 Å². The maximum Gasteiger partial charge on any atom is 0.307 e. The van der Waals surface area contributed by atoms with Gasteiger partial charge in [0.2, 0.25) is 0 Å². The molecule has 1 N–H and O–H groups in total. The SMILES string of the molecule is COC(=O)CC(Cc1cc(F)c(F)cc1F)NC(C)c1ccccc1. The molecule has 2 aromatic rings. The van der Waals surface area contributed by atoms with E-state index < -0.39 is 29.5 Å². The van der Waals surface area contributed by atoms with E-state index >= 15 is 0 Å². The van der Waals surface area contributed by atoms with Gasteiger partial charge in [0.1, 0.15) is 5.82 Å². The summed E-state index contributed by atoms with van der Waals surface area (Å²) in [6.07, 6.45) is 0.00140. The van der Waals surface area contributed by atoms with Crippen LogP contribution in [0.3, 0.4) is 0 Å². The number of carbonyl (C=O) groups excluding carboxylic acids is 1. The van der Waals surface area contributed by atoms with E-state index in [4.69, 9.17) is 0 Å². The number of halogens is 3. The number of methoxy groups -OCH3 is 1. The number of hydrogen-bond acceptors (Lipinski definition) is 3. The molecule has 0 bridgehead atoms. The summed E-state index contributed by atoms with van der Waals surface area (Å²) >= 11 is 0. The molecule has 2 atom stereocenters. The molecule has 0 saturated carbocycles. The molecule has 134 valence electrons. The van der Waals surface area contributed by atoms with Crippen LogP contribution in [0.25, 0.3) is 0 Å². The summed E-state index contributed by atoms with van der Waals surface area (Å²) < 4.78 is 45.1. The second-order valence-electron chi connectivity index (χ2n) is 5.84. The van der Waals surface area contributed by atoms with E-state index in [0.717, 1.165) is 11.6 Å². The van der Waals surface area contributed by atoms with Crippen molar-refractivity contribution in [3.05, 3.63) is 71.0 Å². The molecule has 0 aliphatic carbocycles. The van der Waals surface area contributed by atoms with E-state index in [-0.39, 0.29) is 24.4 Å². The number of ether oxygens (including phenoxy) is 1. The van der Waals surface area contributed by atoms with Gasteiger partial charge in [0, 0.05) is 18.2 Å². The van der Waals surface area contributed by atoms with E-state index in [1.54, 1.807) is 0 Å². The van der Waals surface area contributed by atoms with Crippen molar-refractivity contribution >= 4 is 5.97 Å². The molecule has 2 aromatic carbocycles. The number of rotatable bonds is 7. The van der Waals surface area contributed by atoms with E-state index in [1.807, 2.05) is 37.3 Å². The number of nitrogens with one attached hydrogen (secondary N) is 1. The van der Waals surface area contributed by atoms with Gasteiger partial charge in [-0.05, 0) is 30.5 Å². The standard InChI is InChI=1S/C19H20F3NO2/c1-12(13-6-4-3-5-7-13)23-15(10-19(24)25-2)8-14-9-17(21)18(22)11-16(14)20/h3-7,9,11-12,15,23H,8,10H2,1-2H3. The third-order valence-electron chi connectivity index (χ3n) is 3.98. The lowest BCUT2D eigenvalue weighted by Gasteiger charge is -2.23. The molecule has 0 aliphatic rings. The molecule has 0 aromatic heterocycles. The van der Waals surface area contributed by atoms with E-state index in [2.05, 4.69) is 10.1 Å². The Morgan fingerprint density at radius 2 is 1.72 bits per heavy atom. The van der Waals surface area contributed by atoms with Crippen molar-refractivity contribution in [3.8, 4) is 0 Å². The molecular formula is C19H20F3NO2. The Labute approximate surface area is 144 Å². The lowest BCUT2D eigenvalue weighted by Crippen LogP contribution is -2.36. The van der Waals surface area contributed by atoms with Crippen molar-refractivity contribution in [2.75, 3.05) is 7.11 Å². The Hall–Kier alpha value is -2.34. The number of benzene rings is 2. The first-order chi connectivity index (χ1) is 11.9. The van der Waals surface area contributed by atoms with E-state index in [0.29, 0.717) is 6.07 Å².